The molecule has 0 saturated carbocycles. The third-order valence-electron chi connectivity index (χ3n) is 6.37. The summed E-state index contributed by atoms with van der Waals surface area (Å²) in [6.45, 7) is 6.24. The summed E-state index contributed by atoms with van der Waals surface area (Å²) in [6, 6.07) is 5.82. The molecule has 2 aliphatic heterocycles. The van der Waals surface area contributed by atoms with Crippen LogP contribution in [0.15, 0.2) is 29.2 Å². The summed E-state index contributed by atoms with van der Waals surface area (Å²) in [5, 5.41) is 8.30. The number of H-pyrrole nitrogens is 1. The minimum atomic E-state index is -0.171. The van der Waals surface area contributed by atoms with Gasteiger partial charge in [0.2, 0.25) is 5.43 Å². The van der Waals surface area contributed by atoms with Crippen LogP contribution in [0.5, 0.6) is 0 Å². The summed E-state index contributed by atoms with van der Waals surface area (Å²) in [5.74, 6) is 0.176. The number of para-hydroxylation sites is 1. The molecule has 0 radical (unpaired) electrons. The van der Waals surface area contributed by atoms with E-state index in [-0.39, 0.29) is 16.9 Å². The number of rotatable bonds is 3. The fraction of sp³-hybridized carbons (Fsp3) is 0.409. The van der Waals surface area contributed by atoms with Gasteiger partial charge < -0.3 is 9.47 Å². The Morgan fingerprint density at radius 3 is 2.96 bits per heavy atom. The number of aromatic amines is 1. The first-order chi connectivity index (χ1) is 13.6. The van der Waals surface area contributed by atoms with Crippen LogP contribution in [0.25, 0.3) is 10.9 Å². The molecule has 2 aliphatic rings. The van der Waals surface area contributed by atoms with Crippen LogP contribution in [-0.2, 0) is 25.9 Å². The molecule has 0 saturated heterocycles. The molecule has 0 fully saturated rings. The molecule has 3 aromatic rings. The zero-order valence-corrected chi connectivity index (χ0v) is 16.3. The molecule has 1 N–H and O–H groups in total. The Kier molecular flexibility index (Phi) is 3.89. The number of fused-ring (bicyclic) bond motifs is 1. The highest BCUT2D eigenvalue weighted by Crippen LogP contribution is 2.29. The number of pyridine rings is 1. The van der Waals surface area contributed by atoms with Crippen LogP contribution < -0.4 is 5.43 Å². The predicted octanol–water partition coefficient (Wildman–Crippen LogP) is 2.99. The van der Waals surface area contributed by atoms with Gasteiger partial charge in [-0.25, -0.2) is 0 Å². The van der Waals surface area contributed by atoms with Gasteiger partial charge in [0, 0.05) is 54.8 Å². The molecule has 5 rings (SSSR count). The maximum Gasteiger partial charge on any atom is 0.259 e. The average molecular weight is 376 g/mol. The van der Waals surface area contributed by atoms with Gasteiger partial charge in [0.1, 0.15) is 5.56 Å². The molecule has 1 aromatic carbocycles. The number of aromatic nitrogens is 3. The van der Waals surface area contributed by atoms with Gasteiger partial charge in [0.05, 0.1) is 11.2 Å². The fourth-order valence-corrected chi connectivity index (χ4v) is 4.57. The van der Waals surface area contributed by atoms with Crippen molar-refractivity contribution >= 4 is 16.8 Å². The van der Waals surface area contributed by atoms with Crippen molar-refractivity contribution in [3.8, 4) is 0 Å². The van der Waals surface area contributed by atoms with Gasteiger partial charge in [-0.3, -0.25) is 14.7 Å². The molecule has 4 heterocycles. The van der Waals surface area contributed by atoms with E-state index in [1.807, 2.05) is 12.1 Å². The van der Waals surface area contributed by atoms with E-state index in [0.717, 1.165) is 48.3 Å². The van der Waals surface area contributed by atoms with Crippen molar-refractivity contribution in [2.75, 3.05) is 6.54 Å². The molecule has 2 aromatic heterocycles. The topological polar surface area (TPSA) is 71.0 Å². The summed E-state index contributed by atoms with van der Waals surface area (Å²) < 4.78 is 2.07. The van der Waals surface area contributed by atoms with Crippen LogP contribution >= 0.6 is 0 Å². The number of benzene rings is 1. The van der Waals surface area contributed by atoms with Crippen molar-refractivity contribution in [2.45, 2.75) is 52.1 Å². The largest absolute Gasteiger partial charge is 0.346 e. The fourth-order valence-electron chi connectivity index (χ4n) is 4.57. The number of carbonyl (C=O) groups is 1. The standard InChI is InChI=1S/C22H24N4O2/c1-3-13(2)19-16-11-26(10-8-18(16)23-24-19)22(28)17-12-25-9-7-14-5-4-6-15(20(14)25)21(17)27/h4-6,12-13H,3,7-11H2,1-2H3,(H,23,24)/t13-/m1/s1. The second kappa shape index (κ2) is 6.33. The summed E-state index contributed by atoms with van der Waals surface area (Å²) in [5.41, 5.74) is 5.60. The maximum atomic E-state index is 13.3. The lowest BCUT2D eigenvalue weighted by molar-refractivity contribution is 0.0731. The normalized spacial score (nSPS) is 16.4. The highest BCUT2D eigenvalue weighted by atomic mass is 16.2. The van der Waals surface area contributed by atoms with Crippen molar-refractivity contribution in [1.29, 1.82) is 0 Å². The van der Waals surface area contributed by atoms with Crippen molar-refractivity contribution in [1.82, 2.24) is 19.7 Å². The molecule has 6 nitrogen and oxygen atoms in total. The van der Waals surface area contributed by atoms with E-state index >= 15 is 0 Å². The lowest BCUT2D eigenvalue weighted by Crippen LogP contribution is -2.38. The number of hydrogen-bond donors (Lipinski definition) is 1. The third kappa shape index (κ3) is 2.44. The Balaban J connectivity index is 1.53. The van der Waals surface area contributed by atoms with Crippen LogP contribution in [0, 0.1) is 0 Å². The Bertz CT molecular complexity index is 1160. The number of nitrogens with one attached hydrogen (secondary N) is 1. The number of nitrogens with zero attached hydrogens (tertiary/aromatic N) is 3. The van der Waals surface area contributed by atoms with E-state index in [0.29, 0.717) is 24.4 Å². The first-order valence-electron chi connectivity index (χ1n) is 10.1. The van der Waals surface area contributed by atoms with Crippen molar-refractivity contribution in [2.24, 2.45) is 0 Å². The zero-order valence-electron chi connectivity index (χ0n) is 16.3. The first kappa shape index (κ1) is 17.2. The minimum Gasteiger partial charge on any atom is -0.346 e. The molecular weight excluding hydrogens is 352 g/mol. The quantitative estimate of drug-likeness (QED) is 0.764. The maximum absolute atomic E-state index is 13.3. The monoisotopic (exact) mass is 376 g/mol. The lowest BCUT2D eigenvalue weighted by atomic mass is 9.96. The second-order valence-corrected chi connectivity index (χ2v) is 7.98. The van der Waals surface area contributed by atoms with E-state index in [2.05, 4.69) is 34.7 Å². The van der Waals surface area contributed by atoms with Crippen LogP contribution in [0.2, 0.25) is 0 Å². The van der Waals surface area contributed by atoms with E-state index in [1.54, 1.807) is 11.1 Å². The molecule has 6 heteroatoms. The number of amides is 1. The molecule has 0 unspecified atom stereocenters. The van der Waals surface area contributed by atoms with Crippen LogP contribution in [-0.4, -0.2) is 32.1 Å². The van der Waals surface area contributed by atoms with Crippen LogP contribution in [0.3, 0.4) is 0 Å². The van der Waals surface area contributed by atoms with Crippen LogP contribution in [0.4, 0.5) is 0 Å². The Labute approximate surface area is 163 Å². The van der Waals surface area contributed by atoms with Crippen molar-refractivity contribution in [3.63, 3.8) is 0 Å². The van der Waals surface area contributed by atoms with Gasteiger partial charge in [0.25, 0.3) is 5.91 Å². The highest BCUT2D eigenvalue weighted by molar-refractivity contribution is 5.98. The summed E-state index contributed by atoms with van der Waals surface area (Å²) in [4.78, 5) is 28.2. The molecule has 1 amide bonds. The molecule has 0 aliphatic carbocycles. The molecule has 1 atom stereocenters. The summed E-state index contributed by atoms with van der Waals surface area (Å²) >= 11 is 0. The smallest absolute Gasteiger partial charge is 0.259 e. The Hall–Kier alpha value is -2.89. The van der Waals surface area contributed by atoms with Crippen molar-refractivity contribution < 1.29 is 4.79 Å². The first-order valence-corrected chi connectivity index (χ1v) is 10.1. The number of aryl methyl sites for hydroxylation is 2. The molecule has 0 spiro atoms. The van der Waals surface area contributed by atoms with E-state index in [9.17, 15) is 9.59 Å². The summed E-state index contributed by atoms with van der Waals surface area (Å²) in [7, 11) is 0. The Morgan fingerprint density at radius 1 is 1.29 bits per heavy atom. The SMILES string of the molecule is CC[C@@H](C)c1n[nH]c2c1CN(C(=O)c1cn3c4c(cccc4c1=O)CC3)CC2. The van der Waals surface area contributed by atoms with Gasteiger partial charge in [-0.05, 0) is 24.5 Å². The molecule has 144 valence electrons. The van der Waals surface area contributed by atoms with Gasteiger partial charge in [0.15, 0.2) is 0 Å². The second-order valence-electron chi connectivity index (χ2n) is 7.98. The number of hydrogen-bond acceptors (Lipinski definition) is 3. The predicted molar refractivity (Wildman–Crippen MR) is 108 cm³/mol. The van der Waals surface area contributed by atoms with Crippen LogP contribution in [0.1, 0.15) is 59.1 Å². The van der Waals surface area contributed by atoms with E-state index in [4.69, 9.17) is 0 Å². The van der Waals surface area contributed by atoms with E-state index in [1.165, 1.54) is 5.56 Å². The highest BCUT2D eigenvalue weighted by Gasteiger charge is 2.29. The van der Waals surface area contributed by atoms with Gasteiger partial charge >= 0.3 is 0 Å². The van der Waals surface area contributed by atoms with Gasteiger partial charge in [-0.2, -0.15) is 5.10 Å². The average Bonchev–Trinajstić information content (AvgIpc) is 3.34. The number of carbonyl (C=O) groups excluding carboxylic acids is 1. The zero-order chi connectivity index (χ0) is 19.4. The lowest BCUT2D eigenvalue weighted by Gasteiger charge is -2.28. The van der Waals surface area contributed by atoms with Gasteiger partial charge in [-0.15, -0.1) is 0 Å². The molecule has 28 heavy (non-hydrogen) atoms. The minimum absolute atomic E-state index is 0.153. The molecular formula is C22H24N4O2. The van der Waals surface area contributed by atoms with E-state index < -0.39 is 0 Å². The summed E-state index contributed by atoms with van der Waals surface area (Å²) in [6.07, 6.45) is 4.43. The third-order valence-corrected chi connectivity index (χ3v) is 6.37. The molecule has 0 bridgehead atoms. The van der Waals surface area contributed by atoms with Crippen molar-refractivity contribution in [3.05, 3.63) is 62.7 Å². The Morgan fingerprint density at radius 2 is 2.14 bits per heavy atom. The van der Waals surface area contributed by atoms with Gasteiger partial charge in [-0.1, -0.05) is 26.0 Å².